The lowest BCUT2D eigenvalue weighted by Gasteiger charge is -2.35. The van der Waals surface area contributed by atoms with Gasteiger partial charge in [-0.3, -0.25) is 4.79 Å². The largest absolute Gasteiger partial charge is 0.416 e. The van der Waals surface area contributed by atoms with E-state index in [4.69, 9.17) is 5.73 Å². The highest BCUT2D eigenvalue weighted by atomic mass is 19.4. The van der Waals surface area contributed by atoms with Crippen molar-refractivity contribution in [2.45, 2.75) is 45.1 Å². The lowest BCUT2D eigenvalue weighted by molar-refractivity contribution is -0.286. The van der Waals surface area contributed by atoms with Crippen molar-refractivity contribution in [1.29, 1.82) is 0 Å². The second-order valence-corrected chi connectivity index (χ2v) is 3.98. The van der Waals surface area contributed by atoms with Crippen LogP contribution in [0.1, 0.15) is 27.7 Å². The van der Waals surface area contributed by atoms with E-state index in [1.54, 1.807) is 0 Å². The third-order valence-corrected chi connectivity index (χ3v) is 1.79. The number of carbonyl (C=O) groups excluding carboxylic acids is 1. The molecule has 0 bridgehead atoms. The van der Waals surface area contributed by atoms with Gasteiger partial charge in [0.15, 0.2) is 5.60 Å². The molecule has 0 aromatic rings. The average molecular weight is 213 g/mol. The van der Waals surface area contributed by atoms with Crippen LogP contribution in [0.3, 0.4) is 0 Å². The predicted octanol–water partition coefficient (Wildman–Crippen LogP) is 1.61. The van der Waals surface area contributed by atoms with E-state index in [9.17, 15) is 18.0 Å². The minimum absolute atomic E-state index is 0.845. The molecule has 0 aliphatic carbocycles. The second kappa shape index (κ2) is 3.42. The van der Waals surface area contributed by atoms with Gasteiger partial charge < -0.3 is 10.5 Å². The van der Waals surface area contributed by atoms with E-state index in [1.807, 2.05) is 0 Å². The zero-order valence-corrected chi connectivity index (χ0v) is 8.53. The van der Waals surface area contributed by atoms with Gasteiger partial charge in [0.1, 0.15) is 5.60 Å². The molecule has 0 aliphatic heterocycles. The van der Waals surface area contributed by atoms with Crippen LogP contribution in [0.5, 0.6) is 0 Å². The lowest BCUT2D eigenvalue weighted by Crippen LogP contribution is -2.52. The van der Waals surface area contributed by atoms with Crippen molar-refractivity contribution < 1.29 is 22.7 Å². The molecule has 84 valence electrons. The molecule has 0 saturated carbocycles. The summed E-state index contributed by atoms with van der Waals surface area (Å²) < 4.78 is 41.7. The van der Waals surface area contributed by atoms with Gasteiger partial charge in [-0.2, -0.15) is 13.2 Å². The summed E-state index contributed by atoms with van der Waals surface area (Å²) in [6.07, 6.45) is -4.54. The number of halogens is 3. The number of nitrogens with two attached hydrogens (primary N) is 1. The SMILES string of the molecule is CC(C)(OC(C)(C)C(F)(F)F)C(N)=O. The Morgan fingerprint density at radius 1 is 1.14 bits per heavy atom. The topological polar surface area (TPSA) is 52.3 Å². The molecule has 0 aromatic heterocycles. The molecular weight excluding hydrogens is 199 g/mol. The molecule has 0 heterocycles. The van der Waals surface area contributed by atoms with E-state index < -0.39 is 23.3 Å². The van der Waals surface area contributed by atoms with Crippen molar-refractivity contribution in [3.63, 3.8) is 0 Å². The number of hydrogen-bond donors (Lipinski definition) is 1. The summed E-state index contributed by atoms with van der Waals surface area (Å²) in [7, 11) is 0. The van der Waals surface area contributed by atoms with Crippen molar-refractivity contribution in [2.24, 2.45) is 5.73 Å². The number of alkyl halides is 3. The molecule has 0 radical (unpaired) electrons. The first-order valence-corrected chi connectivity index (χ1v) is 3.97. The average Bonchev–Trinajstić information content (AvgIpc) is 1.80. The molecular formula is C8H14F3NO2. The molecule has 0 aliphatic rings. The molecule has 14 heavy (non-hydrogen) atoms. The molecule has 0 saturated heterocycles. The van der Waals surface area contributed by atoms with Crippen LogP contribution < -0.4 is 5.73 Å². The Morgan fingerprint density at radius 3 is 1.71 bits per heavy atom. The van der Waals surface area contributed by atoms with E-state index >= 15 is 0 Å². The van der Waals surface area contributed by atoms with Crippen LogP contribution in [-0.4, -0.2) is 23.3 Å². The Kier molecular flexibility index (Phi) is 3.23. The van der Waals surface area contributed by atoms with E-state index in [2.05, 4.69) is 4.74 Å². The van der Waals surface area contributed by atoms with Crippen LogP contribution in [-0.2, 0) is 9.53 Å². The van der Waals surface area contributed by atoms with Crippen LogP contribution in [0.25, 0.3) is 0 Å². The Bertz CT molecular complexity index is 233. The molecule has 2 N–H and O–H groups in total. The molecule has 1 amide bonds. The number of primary amides is 1. The summed E-state index contributed by atoms with van der Waals surface area (Å²) in [6.45, 7) is 4.08. The maximum absolute atomic E-state index is 12.4. The second-order valence-electron chi connectivity index (χ2n) is 3.98. The van der Waals surface area contributed by atoms with E-state index in [-0.39, 0.29) is 0 Å². The fourth-order valence-electron chi connectivity index (χ4n) is 0.746. The Morgan fingerprint density at radius 2 is 1.50 bits per heavy atom. The number of hydrogen-bond acceptors (Lipinski definition) is 2. The number of ether oxygens (including phenoxy) is 1. The summed E-state index contributed by atoms with van der Waals surface area (Å²) in [5, 5.41) is 0. The highest BCUT2D eigenvalue weighted by Gasteiger charge is 2.52. The zero-order valence-electron chi connectivity index (χ0n) is 8.53. The van der Waals surface area contributed by atoms with Crippen molar-refractivity contribution in [3.05, 3.63) is 0 Å². The third kappa shape index (κ3) is 2.87. The predicted molar refractivity (Wildman–Crippen MR) is 44.5 cm³/mol. The molecule has 0 unspecified atom stereocenters. The van der Waals surface area contributed by atoms with Gasteiger partial charge in [-0.15, -0.1) is 0 Å². The number of amides is 1. The van der Waals surface area contributed by atoms with Crippen LogP contribution in [0.15, 0.2) is 0 Å². The minimum Gasteiger partial charge on any atom is -0.367 e. The first kappa shape index (κ1) is 13.2. The van der Waals surface area contributed by atoms with Crippen molar-refractivity contribution in [2.75, 3.05) is 0 Å². The van der Waals surface area contributed by atoms with Gasteiger partial charge in [0, 0.05) is 0 Å². The van der Waals surface area contributed by atoms with Gasteiger partial charge in [0.25, 0.3) is 0 Å². The standard InChI is InChI=1S/C8H14F3NO2/c1-6(2,5(12)13)14-7(3,4)8(9,10)11/h1-4H3,(H2,12,13). The van der Waals surface area contributed by atoms with E-state index in [0.29, 0.717) is 0 Å². The smallest absolute Gasteiger partial charge is 0.367 e. The van der Waals surface area contributed by atoms with Gasteiger partial charge in [0.2, 0.25) is 5.91 Å². The van der Waals surface area contributed by atoms with Gasteiger partial charge >= 0.3 is 6.18 Å². The summed E-state index contributed by atoms with van der Waals surface area (Å²) in [5.41, 5.74) is 0.852. The summed E-state index contributed by atoms with van der Waals surface area (Å²) in [6, 6.07) is 0. The quantitative estimate of drug-likeness (QED) is 0.774. The van der Waals surface area contributed by atoms with E-state index in [1.165, 1.54) is 13.8 Å². The fourth-order valence-corrected chi connectivity index (χ4v) is 0.746. The van der Waals surface area contributed by atoms with Crippen molar-refractivity contribution in [1.82, 2.24) is 0 Å². The molecule has 0 spiro atoms. The first-order valence-electron chi connectivity index (χ1n) is 3.97. The van der Waals surface area contributed by atoms with Gasteiger partial charge in [-0.1, -0.05) is 0 Å². The van der Waals surface area contributed by atoms with Crippen LogP contribution in [0.4, 0.5) is 13.2 Å². The zero-order chi connectivity index (χ0) is 11.8. The highest BCUT2D eigenvalue weighted by molar-refractivity contribution is 5.82. The third-order valence-electron chi connectivity index (χ3n) is 1.79. The molecule has 0 aromatic carbocycles. The first-order chi connectivity index (χ1) is 5.90. The van der Waals surface area contributed by atoms with Crippen molar-refractivity contribution in [3.8, 4) is 0 Å². The van der Waals surface area contributed by atoms with Gasteiger partial charge in [-0.05, 0) is 27.7 Å². The lowest BCUT2D eigenvalue weighted by atomic mass is 10.0. The van der Waals surface area contributed by atoms with Gasteiger partial charge in [-0.25, -0.2) is 0 Å². The normalized spacial score (nSPS) is 14.2. The molecule has 0 rings (SSSR count). The van der Waals surface area contributed by atoms with Crippen LogP contribution >= 0.6 is 0 Å². The Hall–Kier alpha value is -0.780. The van der Waals surface area contributed by atoms with E-state index in [0.717, 1.165) is 13.8 Å². The molecule has 0 fully saturated rings. The summed E-state index contributed by atoms with van der Waals surface area (Å²) >= 11 is 0. The maximum Gasteiger partial charge on any atom is 0.416 e. The molecule has 3 nitrogen and oxygen atoms in total. The summed E-state index contributed by atoms with van der Waals surface area (Å²) in [5.74, 6) is -0.935. The number of rotatable bonds is 3. The Labute approximate surface area is 80.4 Å². The van der Waals surface area contributed by atoms with Crippen LogP contribution in [0.2, 0.25) is 0 Å². The molecule has 0 atom stereocenters. The number of carbonyl (C=O) groups is 1. The maximum atomic E-state index is 12.4. The monoisotopic (exact) mass is 213 g/mol. The molecule has 6 heteroatoms. The highest BCUT2D eigenvalue weighted by Crippen LogP contribution is 2.35. The van der Waals surface area contributed by atoms with Gasteiger partial charge in [0.05, 0.1) is 0 Å². The Balaban J connectivity index is 4.76. The minimum atomic E-state index is -4.54. The summed E-state index contributed by atoms with van der Waals surface area (Å²) in [4.78, 5) is 10.8. The van der Waals surface area contributed by atoms with Crippen LogP contribution in [0, 0.1) is 0 Å². The van der Waals surface area contributed by atoms with Crippen molar-refractivity contribution >= 4 is 5.91 Å². The fraction of sp³-hybridized carbons (Fsp3) is 0.875.